The fraction of sp³-hybridized carbons (Fsp3) is 0.348. The molecule has 0 bridgehead atoms. The van der Waals surface area contributed by atoms with Gasteiger partial charge in [-0.15, -0.1) is 0 Å². The molecule has 2 aromatic carbocycles. The molecule has 8 nitrogen and oxygen atoms in total. The number of carbonyl (C=O) groups excluding carboxylic acids is 3. The molecule has 1 aliphatic heterocycles. The molecule has 3 N–H and O–H groups in total. The number of anilines is 1. The number of para-hydroxylation sites is 1. The van der Waals surface area contributed by atoms with Crippen molar-refractivity contribution in [2.24, 2.45) is 5.92 Å². The molecule has 1 atom stereocenters. The minimum atomic E-state index is -0.480. The lowest BCUT2D eigenvalue weighted by molar-refractivity contribution is -0.123. The lowest BCUT2D eigenvalue weighted by atomic mass is 9.89. The van der Waals surface area contributed by atoms with E-state index in [1.807, 2.05) is 38.1 Å². The molecule has 0 fully saturated rings. The van der Waals surface area contributed by atoms with Gasteiger partial charge in [-0.1, -0.05) is 18.2 Å². The molecule has 0 saturated carbocycles. The lowest BCUT2D eigenvalue weighted by Gasteiger charge is -2.24. The number of rotatable bonds is 7. The van der Waals surface area contributed by atoms with Crippen molar-refractivity contribution >= 4 is 23.4 Å². The lowest BCUT2D eigenvalue weighted by Crippen LogP contribution is -2.42. The second-order valence-corrected chi connectivity index (χ2v) is 7.62. The number of hydrazine groups is 1. The monoisotopic (exact) mass is 425 g/mol. The van der Waals surface area contributed by atoms with E-state index < -0.39 is 5.91 Å². The van der Waals surface area contributed by atoms with Gasteiger partial charge in [0, 0.05) is 23.6 Å². The van der Waals surface area contributed by atoms with Crippen molar-refractivity contribution in [3.05, 3.63) is 53.6 Å². The molecule has 1 heterocycles. The molecule has 0 aliphatic carbocycles. The van der Waals surface area contributed by atoms with E-state index in [0.29, 0.717) is 29.9 Å². The van der Waals surface area contributed by atoms with Crippen LogP contribution in [0.2, 0.25) is 0 Å². The molecule has 164 valence electrons. The highest BCUT2D eigenvalue weighted by molar-refractivity contribution is 5.97. The fourth-order valence-corrected chi connectivity index (χ4v) is 3.37. The summed E-state index contributed by atoms with van der Waals surface area (Å²) in [6, 6.07) is 12.4. The van der Waals surface area contributed by atoms with E-state index >= 15 is 0 Å². The van der Waals surface area contributed by atoms with E-state index in [-0.39, 0.29) is 30.3 Å². The van der Waals surface area contributed by atoms with E-state index in [9.17, 15) is 14.4 Å². The first-order valence-electron chi connectivity index (χ1n) is 10.2. The first kappa shape index (κ1) is 22.1. The molecular weight excluding hydrogens is 398 g/mol. The van der Waals surface area contributed by atoms with Crippen LogP contribution in [-0.4, -0.2) is 30.9 Å². The highest BCUT2D eigenvalue weighted by Crippen LogP contribution is 2.29. The van der Waals surface area contributed by atoms with E-state index in [1.54, 1.807) is 18.2 Å². The smallest absolute Gasteiger partial charge is 0.269 e. The fourth-order valence-electron chi connectivity index (χ4n) is 3.37. The van der Waals surface area contributed by atoms with Crippen molar-refractivity contribution in [2.45, 2.75) is 39.2 Å². The number of methoxy groups -OCH3 is 1. The number of amides is 3. The third kappa shape index (κ3) is 5.75. The van der Waals surface area contributed by atoms with Crippen molar-refractivity contribution in [2.75, 3.05) is 12.4 Å². The third-order valence-electron chi connectivity index (χ3n) is 4.94. The standard InChI is InChI=1S/C23H27N3O5/c1-14(2)31-19-10-8-17(13-20(19)30-3)23(29)26-25-21(27)11-9-16-12-15-6-4-5-7-18(15)24-22(16)28/h4-8,10,13-14,16H,9,11-12H2,1-3H3,(H,24,28)(H,25,27)(H,26,29). The van der Waals surface area contributed by atoms with Crippen molar-refractivity contribution < 1.29 is 23.9 Å². The Hall–Kier alpha value is -3.55. The SMILES string of the molecule is COc1cc(C(=O)NNC(=O)CCC2Cc3ccccc3NC2=O)ccc1OC(C)C. The van der Waals surface area contributed by atoms with Crippen LogP contribution in [0.3, 0.4) is 0 Å². The van der Waals surface area contributed by atoms with E-state index in [1.165, 1.54) is 7.11 Å². The molecule has 0 saturated heterocycles. The van der Waals surface area contributed by atoms with Gasteiger partial charge in [-0.05, 0) is 56.5 Å². The minimum Gasteiger partial charge on any atom is -0.493 e. The number of carbonyl (C=O) groups is 3. The zero-order chi connectivity index (χ0) is 22.4. The van der Waals surface area contributed by atoms with Gasteiger partial charge in [0.05, 0.1) is 13.2 Å². The van der Waals surface area contributed by atoms with Crippen LogP contribution < -0.4 is 25.6 Å². The largest absolute Gasteiger partial charge is 0.493 e. The summed E-state index contributed by atoms with van der Waals surface area (Å²) >= 11 is 0. The Morgan fingerprint density at radius 3 is 2.65 bits per heavy atom. The van der Waals surface area contributed by atoms with Gasteiger partial charge in [0.25, 0.3) is 5.91 Å². The highest BCUT2D eigenvalue weighted by Gasteiger charge is 2.26. The number of fused-ring (bicyclic) bond motifs is 1. The number of hydrogen-bond donors (Lipinski definition) is 3. The number of nitrogens with one attached hydrogen (secondary N) is 3. The van der Waals surface area contributed by atoms with Crippen LogP contribution in [-0.2, 0) is 16.0 Å². The van der Waals surface area contributed by atoms with Gasteiger partial charge in [-0.2, -0.15) is 0 Å². The summed E-state index contributed by atoms with van der Waals surface area (Å²) in [6.45, 7) is 3.79. The van der Waals surface area contributed by atoms with Crippen LogP contribution in [0.4, 0.5) is 5.69 Å². The molecular formula is C23H27N3O5. The van der Waals surface area contributed by atoms with E-state index in [2.05, 4.69) is 16.2 Å². The van der Waals surface area contributed by atoms with Gasteiger partial charge in [0.1, 0.15) is 0 Å². The summed E-state index contributed by atoms with van der Waals surface area (Å²) in [4.78, 5) is 36.8. The van der Waals surface area contributed by atoms with E-state index in [4.69, 9.17) is 9.47 Å². The average molecular weight is 425 g/mol. The number of ether oxygens (including phenoxy) is 2. The van der Waals surface area contributed by atoms with Gasteiger partial charge in [0.2, 0.25) is 11.8 Å². The summed E-state index contributed by atoms with van der Waals surface area (Å²) in [5.74, 6) is -0.263. The maximum absolute atomic E-state index is 12.4. The molecule has 0 aromatic heterocycles. The molecule has 1 unspecified atom stereocenters. The van der Waals surface area contributed by atoms with Crippen molar-refractivity contribution in [3.63, 3.8) is 0 Å². The molecule has 0 spiro atoms. The zero-order valence-electron chi connectivity index (χ0n) is 17.9. The molecule has 1 aliphatic rings. The molecule has 0 radical (unpaired) electrons. The van der Waals surface area contributed by atoms with Crippen molar-refractivity contribution in [1.82, 2.24) is 10.9 Å². The van der Waals surface area contributed by atoms with Crippen LogP contribution in [0.25, 0.3) is 0 Å². The topological polar surface area (TPSA) is 106 Å². The highest BCUT2D eigenvalue weighted by atomic mass is 16.5. The minimum absolute atomic E-state index is 0.0346. The molecule has 8 heteroatoms. The maximum Gasteiger partial charge on any atom is 0.269 e. The van der Waals surface area contributed by atoms with Gasteiger partial charge < -0.3 is 14.8 Å². The molecule has 2 aromatic rings. The summed E-state index contributed by atoms with van der Waals surface area (Å²) in [5.41, 5.74) is 6.98. The van der Waals surface area contributed by atoms with Crippen LogP contribution in [0.1, 0.15) is 42.6 Å². The molecule has 3 amide bonds. The van der Waals surface area contributed by atoms with Crippen LogP contribution in [0, 0.1) is 5.92 Å². The van der Waals surface area contributed by atoms with E-state index in [0.717, 1.165) is 11.3 Å². The summed E-state index contributed by atoms with van der Waals surface area (Å²) < 4.78 is 10.9. The summed E-state index contributed by atoms with van der Waals surface area (Å²) in [7, 11) is 1.49. The quantitative estimate of drug-likeness (QED) is 0.592. The third-order valence-corrected chi connectivity index (χ3v) is 4.94. The van der Waals surface area contributed by atoms with Crippen molar-refractivity contribution in [1.29, 1.82) is 0 Å². The Labute approximate surface area is 181 Å². The van der Waals surface area contributed by atoms with Crippen LogP contribution >= 0.6 is 0 Å². The Kier molecular flexibility index (Phi) is 7.12. The van der Waals surface area contributed by atoms with Gasteiger partial charge in [0.15, 0.2) is 11.5 Å². The number of hydrogen-bond acceptors (Lipinski definition) is 5. The summed E-state index contributed by atoms with van der Waals surface area (Å²) in [5, 5.41) is 2.87. The zero-order valence-corrected chi connectivity index (χ0v) is 17.9. The maximum atomic E-state index is 12.4. The Morgan fingerprint density at radius 1 is 1.13 bits per heavy atom. The normalized spacial score (nSPS) is 15.0. The van der Waals surface area contributed by atoms with Crippen LogP contribution in [0.5, 0.6) is 11.5 Å². The second-order valence-electron chi connectivity index (χ2n) is 7.62. The Balaban J connectivity index is 1.49. The van der Waals surface area contributed by atoms with Gasteiger partial charge in [-0.3, -0.25) is 25.2 Å². The first-order chi connectivity index (χ1) is 14.9. The Bertz CT molecular complexity index is 973. The average Bonchev–Trinajstić information content (AvgIpc) is 2.75. The molecule has 31 heavy (non-hydrogen) atoms. The van der Waals surface area contributed by atoms with Gasteiger partial charge >= 0.3 is 0 Å². The first-order valence-corrected chi connectivity index (χ1v) is 10.2. The van der Waals surface area contributed by atoms with Crippen LogP contribution in [0.15, 0.2) is 42.5 Å². The van der Waals surface area contributed by atoms with Crippen molar-refractivity contribution in [3.8, 4) is 11.5 Å². The second kappa shape index (κ2) is 9.97. The summed E-state index contributed by atoms with van der Waals surface area (Å²) in [6.07, 6.45) is 1.06. The molecule has 3 rings (SSSR count). The Morgan fingerprint density at radius 2 is 1.90 bits per heavy atom. The predicted octanol–water partition coefficient (Wildman–Crippen LogP) is 2.83. The number of benzene rings is 2. The van der Waals surface area contributed by atoms with Gasteiger partial charge in [-0.25, -0.2) is 0 Å². The predicted molar refractivity (Wildman–Crippen MR) is 116 cm³/mol.